The third-order valence-corrected chi connectivity index (χ3v) is 5.27. The normalized spacial score (nSPS) is 16.9. The molecule has 0 aliphatic heterocycles. The summed E-state index contributed by atoms with van der Waals surface area (Å²) in [6.07, 6.45) is 3.40. The van der Waals surface area contributed by atoms with Gasteiger partial charge in [-0.1, -0.05) is 31.2 Å². The molecule has 1 unspecified atom stereocenters. The first-order chi connectivity index (χ1) is 10.00. The molecular weight excluding hydrogens is 284 g/mol. The quantitative estimate of drug-likeness (QED) is 0.689. The molecule has 1 aromatic rings. The zero-order valence-electron chi connectivity index (χ0n) is 12.9. The van der Waals surface area contributed by atoms with Gasteiger partial charge >= 0.3 is 0 Å². The number of benzene rings is 1. The molecule has 1 saturated carbocycles. The van der Waals surface area contributed by atoms with E-state index in [-0.39, 0.29) is 11.8 Å². The van der Waals surface area contributed by atoms with E-state index in [1.807, 2.05) is 31.2 Å². The molecule has 0 heterocycles. The molecule has 1 aliphatic rings. The van der Waals surface area contributed by atoms with Gasteiger partial charge in [0.25, 0.3) is 0 Å². The molecule has 1 atom stereocenters. The van der Waals surface area contributed by atoms with Crippen LogP contribution >= 0.6 is 0 Å². The fraction of sp³-hybridized carbons (Fsp3) is 0.625. The third-order valence-electron chi connectivity index (χ3n) is 3.83. The Morgan fingerprint density at radius 3 is 2.38 bits per heavy atom. The number of nitrogens with one attached hydrogen (secondary N) is 2. The van der Waals surface area contributed by atoms with E-state index in [2.05, 4.69) is 17.0 Å². The summed E-state index contributed by atoms with van der Waals surface area (Å²) in [4.78, 5) is 0. The molecule has 118 valence electrons. The SMILES string of the molecule is CCCNCc1ccc(CS(=O)(=O)NC(C)C2CC2)cc1. The van der Waals surface area contributed by atoms with E-state index in [9.17, 15) is 8.42 Å². The van der Waals surface area contributed by atoms with E-state index < -0.39 is 10.0 Å². The van der Waals surface area contributed by atoms with Crippen molar-refractivity contribution in [2.75, 3.05) is 6.54 Å². The summed E-state index contributed by atoms with van der Waals surface area (Å²) >= 11 is 0. The van der Waals surface area contributed by atoms with Crippen LogP contribution in [0.2, 0.25) is 0 Å². The number of hydrogen-bond acceptors (Lipinski definition) is 3. The van der Waals surface area contributed by atoms with Gasteiger partial charge in [-0.3, -0.25) is 0 Å². The van der Waals surface area contributed by atoms with Crippen molar-refractivity contribution in [3.05, 3.63) is 35.4 Å². The first-order valence-corrected chi connectivity index (χ1v) is 9.44. The maximum absolute atomic E-state index is 12.1. The van der Waals surface area contributed by atoms with Gasteiger partial charge in [0.2, 0.25) is 10.0 Å². The Morgan fingerprint density at radius 2 is 1.81 bits per heavy atom. The second kappa shape index (κ2) is 7.38. The van der Waals surface area contributed by atoms with Gasteiger partial charge in [0.1, 0.15) is 0 Å². The summed E-state index contributed by atoms with van der Waals surface area (Å²) in [5.74, 6) is 0.596. The fourth-order valence-electron chi connectivity index (χ4n) is 2.40. The Morgan fingerprint density at radius 1 is 1.19 bits per heavy atom. The lowest BCUT2D eigenvalue weighted by atomic mass is 10.1. The zero-order chi connectivity index (χ0) is 15.3. The monoisotopic (exact) mass is 310 g/mol. The van der Waals surface area contributed by atoms with Crippen LogP contribution in [0.15, 0.2) is 24.3 Å². The van der Waals surface area contributed by atoms with Crippen molar-refractivity contribution in [3.8, 4) is 0 Å². The molecule has 0 amide bonds. The summed E-state index contributed by atoms with van der Waals surface area (Å²) in [7, 11) is -3.24. The molecule has 0 radical (unpaired) electrons. The minimum atomic E-state index is -3.24. The molecule has 1 fully saturated rings. The minimum absolute atomic E-state index is 0.0622. The molecule has 21 heavy (non-hydrogen) atoms. The Kier molecular flexibility index (Phi) is 5.79. The lowest BCUT2D eigenvalue weighted by molar-refractivity contribution is 0.537. The second-order valence-corrected chi connectivity index (χ2v) is 7.75. The third kappa shape index (κ3) is 5.77. The summed E-state index contributed by atoms with van der Waals surface area (Å²) in [5.41, 5.74) is 2.02. The average molecular weight is 310 g/mol. The predicted molar refractivity (Wildman–Crippen MR) is 86.4 cm³/mol. The van der Waals surface area contributed by atoms with Crippen LogP contribution in [0, 0.1) is 5.92 Å². The van der Waals surface area contributed by atoms with E-state index in [1.165, 1.54) is 5.56 Å². The van der Waals surface area contributed by atoms with Crippen LogP contribution in [0.1, 0.15) is 44.2 Å². The Balaban J connectivity index is 1.86. The standard InChI is InChI=1S/C16H26N2O2S/c1-3-10-17-11-14-4-6-15(7-5-14)12-21(19,20)18-13(2)16-8-9-16/h4-7,13,16-18H,3,8-12H2,1-2H3. The van der Waals surface area contributed by atoms with Crippen molar-refractivity contribution in [1.82, 2.24) is 10.0 Å². The zero-order valence-corrected chi connectivity index (χ0v) is 13.7. The van der Waals surface area contributed by atoms with Crippen LogP contribution in [0.3, 0.4) is 0 Å². The van der Waals surface area contributed by atoms with Gasteiger partial charge in [0.15, 0.2) is 0 Å². The van der Waals surface area contributed by atoms with Gasteiger partial charge in [-0.25, -0.2) is 13.1 Å². The van der Waals surface area contributed by atoms with E-state index >= 15 is 0 Å². The predicted octanol–water partition coefficient (Wildman–Crippen LogP) is 2.40. The van der Waals surface area contributed by atoms with Crippen LogP contribution in [0.25, 0.3) is 0 Å². The fourth-order valence-corrected chi connectivity index (χ4v) is 3.87. The molecule has 1 aliphatic carbocycles. The average Bonchev–Trinajstić information content (AvgIpc) is 3.24. The number of hydrogen-bond donors (Lipinski definition) is 2. The molecule has 0 bridgehead atoms. The van der Waals surface area contributed by atoms with Crippen molar-refractivity contribution < 1.29 is 8.42 Å². The van der Waals surface area contributed by atoms with Gasteiger partial charge in [-0.2, -0.15) is 0 Å². The maximum atomic E-state index is 12.1. The smallest absolute Gasteiger partial charge is 0.216 e. The molecule has 2 N–H and O–H groups in total. The lowest BCUT2D eigenvalue weighted by Gasteiger charge is -2.13. The summed E-state index contributed by atoms with van der Waals surface area (Å²) in [5, 5.41) is 3.33. The van der Waals surface area contributed by atoms with E-state index in [4.69, 9.17) is 0 Å². The molecule has 4 nitrogen and oxygen atoms in total. The van der Waals surface area contributed by atoms with E-state index in [0.717, 1.165) is 37.9 Å². The molecule has 0 aromatic heterocycles. The minimum Gasteiger partial charge on any atom is -0.313 e. The Bertz CT molecular complexity index is 536. The van der Waals surface area contributed by atoms with Crippen molar-refractivity contribution in [2.45, 2.75) is 51.4 Å². The van der Waals surface area contributed by atoms with Gasteiger partial charge < -0.3 is 5.32 Å². The molecule has 0 spiro atoms. The maximum Gasteiger partial charge on any atom is 0.216 e. The van der Waals surface area contributed by atoms with Crippen molar-refractivity contribution in [1.29, 1.82) is 0 Å². The van der Waals surface area contributed by atoms with Gasteiger partial charge in [-0.05, 0) is 49.8 Å². The van der Waals surface area contributed by atoms with Gasteiger partial charge in [0.05, 0.1) is 5.75 Å². The van der Waals surface area contributed by atoms with Crippen molar-refractivity contribution in [3.63, 3.8) is 0 Å². The highest BCUT2D eigenvalue weighted by Gasteiger charge is 2.30. The summed E-state index contributed by atoms with van der Waals surface area (Å²) in [6, 6.07) is 7.87. The summed E-state index contributed by atoms with van der Waals surface area (Å²) in [6.45, 7) is 5.92. The molecule has 1 aromatic carbocycles. The number of rotatable bonds is 9. The van der Waals surface area contributed by atoms with Crippen molar-refractivity contribution in [2.24, 2.45) is 5.92 Å². The van der Waals surface area contributed by atoms with Crippen LogP contribution in [-0.2, 0) is 22.3 Å². The highest BCUT2D eigenvalue weighted by molar-refractivity contribution is 7.88. The first-order valence-electron chi connectivity index (χ1n) is 7.78. The highest BCUT2D eigenvalue weighted by Crippen LogP contribution is 2.32. The lowest BCUT2D eigenvalue weighted by Crippen LogP contribution is -2.34. The van der Waals surface area contributed by atoms with Crippen LogP contribution in [0.5, 0.6) is 0 Å². The second-order valence-electron chi connectivity index (χ2n) is 6.00. The largest absolute Gasteiger partial charge is 0.313 e. The van der Waals surface area contributed by atoms with E-state index in [0.29, 0.717) is 5.92 Å². The topological polar surface area (TPSA) is 58.2 Å². The molecular formula is C16H26N2O2S. The molecule has 5 heteroatoms. The van der Waals surface area contributed by atoms with Crippen LogP contribution < -0.4 is 10.0 Å². The number of sulfonamides is 1. The molecule has 0 saturated heterocycles. The van der Waals surface area contributed by atoms with Crippen molar-refractivity contribution >= 4 is 10.0 Å². The Labute approximate surface area is 128 Å². The van der Waals surface area contributed by atoms with Crippen LogP contribution in [0.4, 0.5) is 0 Å². The molecule has 2 rings (SSSR count). The summed E-state index contributed by atoms with van der Waals surface area (Å²) < 4.78 is 27.0. The van der Waals surface area contributed by atoms with Gasteiger partial charge in [0, 0.05) is 12.6 Å². The highest BCUT2D eigenvalue weighted by atomic mass is 32.2. The first kappa shape index (κ1) is 16.5. The van der Waals surface area contributed by atoms with E-state index in [1.54, 1.807) is 0 Å². The van der Waals surface area contributed by atoms with Gasteiger partial charge in [-0.15, -0.1) is 0 Å². The Hall–Kier alpha value is -0.910. The van der Waals surface area contributed by atoms with Crippen LogP contribution in [-0.4, -0.2) is 21.0 Å².